The molecule has 1 rings (SSSR count). The van der Waals surface area contributed by atoms with Gasteiger partial charge in [-0.05, 0) is 31.5 Å². The van der Waals surface area contributed by atoms with E-state index in [1.165, 1.54) is 18.2 Å². The molecule has 0 amide bonds. The molecular weight excluding hydrogens is 220 g/mol. The van der Waals surface area contributed by atoms with E-state index in [-0.39, 0.29) is 11.6 Å². The van der Waals surface area contributed by atoms with E-state index in [0.717, 1.165) is 19.3 Å². The predicted molar refractivity (Wildman–Crippen MR) is 66.8 cm³/mol. The van der Waals surface area contributed by atoms with Crippen LogP contribution < -0.4 is 5.32 Å². The summed E-state index contributed by atoms with van der Waals surface area (Å²) in [6.07, 6.45) is 2.92. The summed E-state index contributed by atoms with van der Waals surface area (Å²) < 4.78 is 27.3. The summed E-state index contributed by atoms with van der Waals surface area (Å²) in [7, 11) is 1.75. The maximum atomic E-state index is 13.6. The van der Waals surface area contributed by atoms with Crippen molar-refractivity contribution in [3.8, 4) is 0 Å². The van der Waals surface area contributed by atoms with Gasteiger partial charge in [0.2, 0.25) is 0 Å². The Hall–Kier alpha value is -0.960. The number of nitrogens with one attached hydrogen (secondary N) is 1. The fourth-order valence-corrected chi connectivity index (χ4v) is 2.24. The van der Waals surface area contributed by atoms with Crippen LogP contribution in [0.3, 0.4) is 0 Å². The molecule has 0 bridgehead atoms. The number of hydrogen-bond acceptors (Lipinski definition) is 1. The molecule has 2 atom stereocenters. The Morgan fingerprint density at radius 2 is 1.82 bits per heavy atom. The molecule has 0 radical (unpaired) electrons. The van der Waals surface area contributed by atoms with Crippen LogP contribution in [0.1, 0.15) is 44.7 Å². The molecule has 17 heavy (non-hydrogen) atoms. The third-order valence-corrected chi connectivity index (χ3v) is 3.12. The second-order valence-corrected chi connectivity index (χ2v) is 4.61. The Kier molecular flexibility index (Phi) is 5.56. The van der Waals surface area contributed by atoms with Gasteiger partial charge in [0.15, 0.2) is 0 Å². The summed E-state index contributed by atoms with van der Waals surface area (Å²) in [6, 6.07) is 3.77. The van der Waals surface area contributed by atoms with Gasteiger partial charge >= 0.3 is 0 Å². The predicted octanol–water partition coefficient (Wildman–Crippen LogP) is 4.05. The van der Waals surface area contributed by atoms with Crippen molar-refractivity contribution in [1.82, 2.24) is 5.32 Å². The van der Waals surface area contributed by atoms with Crippen molar-refractivity contribution >= 4 is 0 Å². The van der Waals surface area contributed by atoms with Gasteiger partial charge in [-0.3, -0.25) is 0 Å². The lowest BCUT2D eigenvalue weighted by molar-refractivity contribution is 0.386. The Morgan fingerprint density at radius 3 is 2.29 bits per heavy atom. The highest BCUT2D eigenvalue weighted by molar-refractivity contribution is 5.23. The Balaban J connectivity index is 2.86. The van der Waals surface area contributed by atoms with E-state index < -0.39 is 11.6 Å². The van der Waals surface area contributed by atoms with Crippen LogP contribution in [0.4, 0.5) is 8.78 Å². The minimum atomic E-state index is -0.465. The third-order valence-electron chi connectivity index (χ3n) is 3.12. The molecule has 0 aliphatic rings. The molecule has 0 spiro atoms. The Labute approximate surface area is 102 Å². The first kappa shape index (κ1) is 14.1. The molecule has 1 aromatic rings. The van der Waals surface area contributed by atoms with Crippen LogP contribution in [0.25, 0.3) is 0 Å². The van der Waals surface area contributed by atoms with Crippen LogP contribution in [0.5, 0.6) is 0 Å². The van der Waals surface area contributed by atoms with Crippen molar-refractivity contribution < 1.29 is 8.78 Å². The lowest BCUT2D eigenvalue weighted by Gasteiger charge is -2.21. The van der Waals surface area contributed by atoms with Crippen LogP contribution in [0.15, 0.2) is 18.2 Å². The van der Waals surface area contributed by atoms with Gasteiger partial charge in [0, 0.05) is 11.6 Å². The van der Waals surface area contributed by atoms with Crippen molar-refractivity contribution in [1.29, 1.82) is 0 Å². The lowest BCUT2D eigenvalue weighted by Crippen LogP contribution is -2.21. The van der Waals surface area contributed by atoms with E-state index in [1.807, 2.05) is 0 Å². The fourth-order valence-electron chi connectivity index (χ4n) is 2.24. The van der Waals surface area contributed by atoms with Crippen molar-refractivity contribution in [2.45, 2.75) is 39.2 Å². The fraction of sp³-hybridized carbons (Fsp3) is 0.571. The van der Waals surface area contributed by atoms with Gasteiger partial charge in [-0.15, -0.1) is 0 Å². The molecule has 1 nitrogen and oxygen atoms in total. The molecule has 0 saturated carbocycles. The molecule has 1 N–H and O–H groups in total. The molecule has 0 aliphatic carbocycles. The normalized spacial score (nSPS) is 14.6. The summed E-state index contributed by atoms with van der Waals surface area (Å²) in [4.78, 5) is 0. The molecule has 0 heterocycles. The number of benzene rings is 1. The molecule has 1 aromatic carbocycles. The van der Waals surface area contributed by atoms with Crippen molar-refractivity contribution in [2.24, 2.45) is 5.92 Å². The zero-order chi connectivity index (χ0) is 12.8. The highest BCUT2D eigenvalue weighted by atomic mass is 19.1. The van der Waals surface area contributed by atoms with Gasteiger partial charge in [-0.1, -0.05) is 32.8 Å². The van der Waals surface area contributed by atoms with E-state index in [9.17, 15) is 8.78 Å². The quantitative estimate of drug-likeness (QED) is 0.792. The maximum absolute atomic E-state index is 13.6. The van der Waals surface area contributed by atoms with Crippen molar-refractivity contribution in [2.75, 3.05) is 7.05 Å². The lowest BCUT2D eigenvalue weighted by atomic mass is 9.92. The van der Waals surface area contributed by atoms with E-state index in [4.69, 9.17) is 0 Å². The van der Waals surface area contributed by atoms with Crippen LogP contribution in [-0.4, -0.2) is 7.05 Å². The summed E-state index contributed by atoms with van der Waals surface area (Å²) in [6.45, 7) is 4.24. The minimum Gasteiger partial charge on any atom is -0.313 e. The number of halogens is 2. The molecule has 0 aromatic heterocycles. The molecule has 0 saturated heterocycles. The first-order valence-corrected chi connectivity index (χ1v) is 6.21. The Morgan fingerprint density at radius 1 is 1.24 bits per heavy atom. The molecule has 3 heteroatoms. The smallest absolute Gasteiger partial charge is 0.130 e. The zero-order valence-electron chi connectivity index (χ0n) is 10.8. The minimum absolute atomic E-state index is 0.165. The largest absolute Gasteiger partial charge is 0.313 e. The summed E-state index contributed by atoms with van der Waals surface area (Å²) in [5, 5.41) is 3.01. The highest BCUT2D eigenvalue weighted by Crippen LogP contribution is 2.27. The first-order valence-electron chi connectivity index (χ1n) is 6.21. The van der Waals surface area contributed by atoms with E-state index in [1.54, 1.807) is 7.05 Å². The van der Waals surface area contributed by atoms with Crippen molar-refractivity contribution in [3.05, 3.63) is 35.4 Å². The van der Waals surface area contributed by atoms with Crippen LogP contribution in [-0.2, 0) is 0 Å². The monoisotopic (exact) mass is 241 g/mol. The average Bonchev–Trinajstić information content (AvgIpc) is 2.27. The van der Waals surface area contributed by atoms with Crippen LogP contribution in [0.2, 0.25) is 0 Å². The third kappa shape index (κ3) is 3.77. The van der Waals surface area contributed by atoms with Gasteiger partial charge < -0.3 is 5.32 Å². The van der Waals surface area contributed by atoms with E-state index >= 15 is 0 Å². The van der Waals surface area contributed by atoms with Gasteiger partial charge in [0.1, 0.15) is 11.6 Å². The van der Waals surface area contributed by atoms with Gasteiger partial charge in [0.25, 0.3) is 0 Å². The van der Waals surface area contributed by atoms with Crippen LogP contribution in [0, 0.1) is 17.6 Å². The van der Waals surface area contributed by atoms with E-state index in [0.29, 0.717) is 5.92 Å². The first-order chi connectivity index (χ1) is 8.10. The molecule has 2 unspecified atom stereocenters. The molecule has 0 fully saturated rings. The summed E-state index contributed by atoms with van der Waals surface area (Å²) in [5.41, 5.74) is 0.165. The number of rotatable bonds is 6. The molecular formula is C14H21F2N. The maximum Gasteiger partial charge on any atom is 0.130 e. The zero-order valence-corrected chi connectivity index (χ0v) is 10.8. The number of hydrogen-bond donors (Lipinski definition) is 1. The second kappa shape index (κ2) is 6.70. The van der Waals surface area contributed by atoms with Crippen LogP contribution >= 0.6 is 0 Å². The van der Waals surface area contributed by atoms with Gasteiger partial charge in [0.05, 0.1) is 0 Å². The summed E-state index contributed by atoms with van der Waals surface area (Å²) >= 11 is 0. The average molecular weight is 241 g/mol. The highest BCUT2D eigenvalue weighted by Gasteiger charge is 2.20. The topological polar surface area (TPSA) is 12.0 Å². The van der Waals surface area contributed by atoms with Gasteiger partial charge in [-0.25, -0.2) is 8.78 Å². The van der Waals surface area contributed by atoms with Gasteiger partial charge in [-0.2, -0.15) is 0 Å². The van der Waals surface area contributed by atoms with E-state index in [2.05, 4.69) is 19.2 Å². The molecule has 0 aliphatic heterocycles. The Bertz CT molecular complexity index is 332. The summed E-state index contributed by atoms with van der Waals surface area (Å²) in [5.74, 6) is -0.474. The second-order valence-electron chi connectivity index (χ2n) is 4.61. The SMILES string of the molecule is CCCC(C)CC(NC)c1c(F)cccc1F. The standard InChI is InChI=1S/C14H21F2N/c1-4-6-10(2)9-13(17-3)14-11(15)7-5-8-12(14)16/h5,7-8,10,13,17H,4,6,9H2,1-3H3. The van der Waals surface area contributed by atoms with Crippen molar-refractivity contribution in [3.63, 3.8) is 0 Å². The molecule has 96 valence electrons.